The van der Waals surface area contributed by atoms with Gasteiger partial charge < -0.3 is 10.2 Å². The van der Waals surface area contributed by atoms with Gasteiger partial charge in [-0.2, -0.15) is 12.7 Å². The summed E-state index contributed by atoms with van der Waals surface area (Å²) in [7, 11) is -3.62. The van der Waals surface area contributed by atoms with Gasteiger partial charge in [0.15, 0.2) is 0 Å². The van der Waals surface area contributed by atoms with E-state index in [2.05, 4.69) is 12.2 Å². The first kappa shape index (κ1) is 19.6. The smallest absolute Gasteiger partial charge is 0.276 e. The van der Waals surface area contributed by atoms with Crippen molar-refractivity contribution in [2.24, 2.45) is 11.1 Å². The maximum Gasteiger partial charge on any atom is 0.276 e. The molecule has 2 aliphatic rings. The Morgan fingerprint density at radius 3 is 2.41 bits per heavy atom. The average molecular weight is 355 g/mol. The van der Waals surface area contributed by atoms with E-state index in [1.54, 1.807) is 0 Å². The first-order chi connectivity index (χ1) is 9.93. The van der Waals surface area contributed by atoms with E-state index in [-0.39, 0.29) is 30.3 Å². The van der Waals surface area contributed by atoms with Crippen molar-refractivity contribution in [2.45, 2.75) is 38.6 Å². The second kappa shape index (κ2) is 8.44. The number of amides is 1. The Bertz CT molecular complexity index is 460. The van der Waals surface area contributed by atoms with Crippen molar-refractivity contribution in [3.05, 3.63) is 0 Å². The van der Waals surface area contributed by atoms with Crippen LogP contribution in [0.2, 0.25) is 0 Å². The fraction of sp³-hybridized carbons (Fsp3) is 0.923. The molecule has 0 radical (unpaired) electrons. The monoisotopic (exact) mass is 354 g/mol. The van der Waals surface area contributed by atoms with Crippen LogP contribution in [0.15, 0.2) is 0 Å². The molecule has 2 heterocycles. The van der Waals surface area contributed by atoms with Crippen molar-refractivity contribution in [3.63, 3.8) is 0 Å². The molecule has 0 bridgehead atoms. The number of nitrogens with zero attached hydrogens (tertiary/aromatic N) is 2. The summed E-state index contributed by atoms with van der Waals surface area (Å²) in [6, 6.07) is 0.286. The Balaban J connectivity index is 0.00000242. The highest BCUT2D eigenvalue weighted by Gasteiger charge is 2.34. The zero-order valence-corrected chi connectivity index (χ0v) is 14.7. The quantitative estimate of drug-likeness (QED) is 0.722. The van der Waals surface area contributed by atoms with Crippen LogP contribution < -0.4 is 10.5 Å². The highest BCUT2D eigenvalue weighted by Crippen LogP contribution is 2.23. The SMILES string of the molecule is CCCN(C(=O)C1CCN(S(N)(=O)=O)CC1)C1CCNC1.Cl. The number of rotatable bonds is 5. The third kappa shape index (κ3) is 4.79. The van der Waals surface area contributed by atoms with Crippen molar-refractivity contribution in [1.82, 2.24) is 14.5 Å². The second-order valence-electron chi connectivity index (χ2n) is 5.90. The molecule has 1 atom stereocenters. The van der Waals surface area contributed by atoms with Crippen molar-refractivity contribution in [2.75, 3.05) is 32.7 Å². The highest BCUT2D eigenvalue weighted by molar-refractivity contribution is 7.86. The maximum absolute atomic E-state index is 12.7. The molecule has 2 aliphatic heterocycles. The van der Waals surface area contributed by atoms with Gasteiger partial charge in [-0.25, -0.2) is 5.14 Å². The van der Waals surface area contributed by atoms with Crippen LogP contribution >= 0.6 is 12.4 Å². The molecule has 0 aromatic carbocycles. The number of hydrogen-bond acceptors (Lipinski definition) is 4. The summed E-state index contributed by atoms with van der Waals surface area (Å²) in [6.45, 7) is 5.37. The van der Waals surface area contributed by atoms with Gasteiger partial charge in [0.2, 0.25) is 5.91 Å². The fourth-order valence-electron chi connectivity index (χ4n) is 3.21. The van der Waals surface area contributed by atoms with Gasteiger partial charge in [0.05, 0.1) is 0 Å². The van der Waals surface area contributed by atoms with E-state index in [1.807, 2.05) is 4.90 Å². The van der Waals surface area contributed by atoms with E-state index in [9.17, 15) is 13.2 Å². The molecule has 9 heteroatoms. The first-order valence-electron chi connectivity index (χ1n) is 7.72. The lowest BCUT2D eigenvalue weighted by molar-refractivity contribution is -0.138. The predicted octanol–water partition coefficient (Wildman–Crippen LogP) is -0.0758. The van der Waals surface area contributed by atoms with Crippen LogP contribution in [-0.2, 0) is 15.0 Å². The summed E-state index contributed by atoms with van der Waals surface area (Å²) >= 11 is 0. The molecule has 0 saturated carbocycles. The van der Waals surface area contributed by atoms with Crippen LogP contribution in [0.1, 0.15) is 32.6 Å². The zero-order valence-electron chi connectivity index (χ0n) is 13.0. The predicted molar refractivity (Wildman–Crippen MR) is 87.9 cm³/mol. The van der Waals surface area contributed by atoms with Crippen LogP contribution in [-0.4, -0.2) is 62.3 Å². The molecule has 0 aromatic rings. The van der Waals surface area contributed by atoms with Crippen molar-refractivity contribution in [1.29, 1.82) is 0 Å². The normalized spacial score (nSPS) is 24.0. The van der Waals surface area contributed by atoms with Gasteiger partial charge in [0.1, 0.15) is 0 Å². The largest absolute Gasteiger partial charge is 0.338 e. The third-order valence-corrected chi connectivity index (χ3v) is 5.47. The number of nitrogens with two attached hydrogens (primary N) is 1. The number of hydrogen-bond donors (Lipinski definition) is 2. The highest BCUT2D eigenvalue weighted by atomic mass is 35.5. The molecule has 7 nitrogen and oxygen atoms in total. The molecule has 0 spiro atoms. The molecule has 3 N–H and O–H groups in total. The molecule has 2 rings (SSSR count). The van der Waals surface area contributed by atoms with Crippen LogP contribution in [0.4, 0.5) is 0 Å². The minimum absolute atomic E-state index is 0. The summed E-state index contributed by atoms with van der Waals surface area (Å²) in [5.74, 6) is 0.106. The Kier molecular flexibility index (Phi) is 7.54. The summed E-state index contributed by atoms with van der Waals surface area (Å²) in [5.41, 5.74) is 0. The number of carbonyl (C=O) groups is 1. The van der Waals surface area contributed by atoms with E-state index >= 15 is 0 Å². The molecule has 2 fully saturated rings. The molecule has 130 valence electrons. The van der Waals surface area contributed by atoms with Gasteiger partial charge in [0.25, 0.3) is 10.2 Å². The lowest BCUT2D eigenvalue weighted by Crippen LogP contribution is -2.49. The van der Waals surface area contributed by atoms with Gasteiger partial charge in [-0.1, -0.05) is 6.92 Å². The minimum atomic E-state index is -3.62. The Morgan fingerprint density at radius 2 is 1.95 bits per heavy atom. The van der Waals surface area contributed by atoms with Gasteiger partial charge in [0, 0.05) is 38.1 Å². The standard InChI is InChI=1S/C13H26N4O3S.ClH/c1-2-7-17(12-3-6-15-10-12)13(18)11-4-8-16(9-5-11)21(14,19)20;/h11-12,15H,2-10H2,1H3,(H2,14,19,20);1H. The van der Waals surface area contributed by atoms with Crippen LogP contribution in [0.3, 0.4) is 0 Å². The fourth-order valence-corrected chi connectivity index (χ4v) is 3.93. The Hall–Kier alpha value is -0.410. The number of nitrogens with one attached hydrogen (secondary N) is 1. The maximum atomic E-state index is 12.7. The van der Waals surface area contributed by atoms with Crippen molar-refractivity contribution >= 4 is 28.5 Å². The summed E-state index contributed by atoms with van der Waals surface area (Å²) in [5, 5.41) is 8.43. The van der Waals surface area contributed by atoms with Crippen LogP contribution in [0.25, 0.3) is 0 Å². The van der Waals surface area contributed by atoms with Gasteiger partial charge in [-0.3, -0.25) is 4.79 Å². The number of piperidine rings is 1. The van der Waals surface area contributed by atoms with E-state index in [4.69, 9.17) is 5.14 Å². The van der Waals surface area contributed by atoms with Gasteiger partial charge >= 0.3 is 0 Å². The zero-order chi connectivity index (χ0) is 15.5. The first-order valence-corrected chi connectivity index (χ1v) is 9.23. The molecule has 2 saturated heterocycles. The Labute approximate surface area is 139 Å². The van der Waals surface area contributed by atoms with Gasteiger partial charge in [-0.15, -0.1) is 12.4 Å². The third-order valence-electron chi connectivity index (χ3n) is 4.39. The molecule has 0 aliphatic carbocycles. The topological polar surface area (TPSA) is 95.7 Å². The average Bonchev–Trinajstić information content (AvgIpc) is 2.97. The van der Waals surface area contributed by atoms with E-state index < -0.39 is 10.2 Å². The Morgan fingerprint density at radius 1 is 1.32 bits per heavy atom. The number of carbonyl (C=O) groups excluding carboxylic acids is 1. The molecule has 0 aromatic heterocycles. The molecule has 22 heavy (non-hydrogen) atoms. The van der Waals surface area contributed by atoms with E-state index in [0.717, 1.165) is 32.5 Å². The summed E-state index contributed by atoms with van der Waals surface area (Å²) in [6.07, 6.45) is 3.07. The van der Waals surface area contributed by atoms with E-state index in [1.165, 1.54) is 4.31 Å². The summed E-state index contributed by atoms with van der Waals surface area (Å²) in [4.78, 5) is 14.7. The van der Waals surface area contributed by atoms with Crippen LogP contribution in [0, 0.1) is 5.92 Å². The lowest BCUT2D eigenvalue weighted by Gasteiger charge is -2.35. The molecule has 1 amide bonds. The van der Waals surface area contributed by atoms with Gasteiger partial charge in [-0.05, 0) is 32.2 Å². The van der Waals surface area contributed by atoms with Crippen LogP contribution in [0.5, 0.6) is 0 Å². The second-order valence-corrected chi connectivity index (χ2v) is 7.44. The van der Waals surface area contributed by atoms with E-state index in [0.29, 0.717) is 25.9 Å². The molecular formula is C13H27ClN4O3S. The van der Waals surface area contributed by atoms with Crippen molar-refractivity contribution < 1.29 is 13.2 Å². The van der Waals surface area contributed by atoms with Crippen molar-refractivity contribution in [3.8, 4) is 0 Å². The minimum Gasteiger partial charge on any atom is -0.338 e. The lowest BCUT2D eigenvalue weighted by atomic mass is 9.95. The summed E-state index contributed by atoms with van der Waals surface area (Å²) < 4.78 is 23.9. The molecular weight excluding hydrogens is 328 g/mol. The number of halogens is 1. The molecule has 1 unspecified atom stereocenters.